The predicted octanol–water partition coefficient (Wildman–Crippen LogP) is 3.88. The molecular formula is C14H9Br2N3O3. The third-order valence-corrected chi connectivity index (χ3v) is 4.03. The molecule has 0 aliphatic heterocycles. The Hall–Kier alpha value is -2.06. The van der Waals surface area contributed by atoms with E-state index in [9.17, 15) is 14.9 Å². The van der Waals surface area contributed by atoms with Crippen LogP contribution in [0.15, 0.2) is 56.5 Å². The van der Waals surface area contributed by atoms with E-state index in [1.54, 1.807) is 36.4 Å². The third kappa shape index (κ3) is 3.99. The summed E-state index contributed by atoms with van der Waals surface area (Å²) in [6.45, 7) is 0. The van der Waals surface area contributed by atoms with E-state index < -0.39 is 4.92 Å². The van der Waals surface area contributed by atoms with Gasteiger partial charge in [-0.25, -0.2) is 5.43 Å². The van der Waals surface area contributed by atoms with Crippen LogP contribution in [-0.4, -0.2) is 17.0 Å². The molecule has 2 aromatic carbocycles. The Morgan fingerprint density at radius 1 is 1.18 bits per heavy atom. The monoisotopic (exact) mass is 425 g/mol. The molecule has 0 saturated heterocycles. The smallest absolute Gasteiger partial charge is 0.267 e. The molecule has 6 nitrogen and oxygen atoms in total. The number of amides is 1. The number of rotatable bonds is 4. The van der Waals surface area contributed by atoms with Gasteiger partial charge in [-0.05, 0) is 50.1 Å². The fourth-order valence-electron chi connectivity index (χ4n) is 1.62. The van der Waals surface area contributed by atoms with Crippen molar-refractivity contribution in [2.24, 2.45) is 5.10 Å². The number of hydrogen-bond donors (Lipinski definition) is 1. The SMILES string of the molecule is O=C(N/N=C/c1ccc(Br)c([N+](=O)[O-])c1)c1ccccc1Br. The van der Waals surface area contributed by atoms with Gasteiger partial charge >= 0.3 is 0 Å². The van der Waals surface area contributed by atoms with Gasteiger partial charge in [0.15, 0.2) is 0 Å². The van der Waals surface area contributed by atoms with Crippen LogP contribution in [0.2, 0.25) is 0 Å². The minimum absolute atomic E-state index is 0.0684. The standard InChI is InChI=1S/C14H9Br2N3O3/c15-11-4-2-1-3-10(11)14(20)18-17-8-9-5-6-12(16)13(7-9)19(21)22/h1-8H,(H,18,20)/b17-8+. The molecule has 0 spiro atoms. The molecule has 0 unspecified atom stereocenters. The zero-order chi connectivity index (χ0) is 16.1. The molecule has 0 radical (unpaired) electrons. The molecule has 112 valence electrons. The number of hydrogen-bond acceptors (Lipinski definition) is 4. The zero-order valence-corrected chi connectivity index (χ0v) is 14.2. The Balaban J connectivity index is 2.10. The van der Waals surface area contributed by atoms with Crippen LogP contribution >= 0.6 is 31.9 Å². The fraction of sp³-hybridized carbons (Fsp3) is 0. The van der Waals surface area contributed by atoms with Gasteiger partial charge in [-0.2, -0.15) is 5.10 Å². The van der Waals surface area contributed by atoms with E-state index in [-0.39, 0.29) is 11.6 Å². The highest BCUT2D eigenvalue weighted by Gasteiger charge is 2.11. The molecule has 2 aromatic rings. The van der Waals surface area contributed by atoms with E-state index in [1.165, 1.54) is 12.3 Å². The first-order valence-corrected chi connectivity index (χ1v) is 7.59. The minimum Gasteiger partial charge on any atom is -0.267 e. The Bertz CT molecular complexity index is 763. The topological polar surface area (TPSA) is 84.6 Å². The molecule has 0 saturated carbocycles. The fourth-order valence-corrected chi connectivity index (χ4v) is 2.48. The van der Waals surface area contributed by atoms with Crippen LogP contribution in [0.1, 0.15) is 15.9 Å². The van der Waals surface area contributed by atoms with Crippen molar-refractivity contribution < 1.29 is 9.72 Å². The number of benzene rings is 2. The molecule has 0 atom stereocenters. The van der Waals surface area contributed by atoms with Gasteiger partial charge in [-0.1, -0.05) is 18.2 Å². The van der Waals surface area contributed by atoms with Gasteiger partial charge in [0.2, 0.25) is 0 Å². The van der Waals surface area contributed by atoms with Crippen LogP contribution in [0.3, 0.4) is 0 Å². The highest BCUT2D eigenvalue weighted by molar-refractivity contribution is 9.10. The van der Waals surface area contributed by atoms with Crippen LogP contribution in [0, 0.1) is 10.1 Å². The lowest BCUT2D eigenvalue weighted by molar-refractivity contribution is -0.385. The van der Waals surface area contributed by atoms with Crippen molar-refractivity contribution in [3.05, 3.63) is 72.7 Å². The summed E-state index contributed by atoms with van der Waals surface area (Å²) in [6, 6.07) is 11.5. The van der Waals surface area contributed by atoms with Crippen LogP contribution < -0.4 is 5.43 Å². The van der Waals surface area contributed by atoms with Crippen LogP contribution in [0.25, 0.3) is 0 Å². The van der Waals surface area contributed by atoms with Crippen molar-refractivity contribution in [1.29, 1.82) is 0 Å². The number of carbonyl (C=O) groups is 1. The van der Waals surface area contributed by atoms with E-state index in [0.717, 1.165) is 0 Å². The molecule has 8 heteroatoms. The quantitative estimate of drug-likeness (QED) is 0.457. The molecule has 0 heterocycles. The normalized spacial score (nSPS) is 10.6. The molecule has 1 N–H and O–H groups in total. The second kappa shape index (κ2) is 7.28. The van der Waals surface area contributed by atoms with Gasteiger partial charge in [0.05, 0.1) is 21.2 Å². The molecule has 0 aliphatic rings. The summed E-state index contributed by atoms with van der Waals surface area (Å²) < 4.78 is 1.04. The van der Waals surface area contributed by atoms with E-state index >= 15 is 0 Å². The molecule has 0 aromatic heterocycles. The van der Waals surface area contributed by atoms with Gasteiger partial charge in [-0.15, -0.1) is 0 Å². The lowest BCUT2D eigenvalue weighted by Gasteiger charge is -2.02. The number of nitro benzene ring substituents is 1. The first kappa shape index (κ1) is 16.3. The summed E-state index contributed by atoms with van der Waals surface area (Å²) in [5.74, 6) is -0.379. The molecule has 22 heavy (non-hydrogen) atoms. The molecule has 0 fully saturated rings. The van der Waals surface area contributed by atoms with E-state index in [1.807, 2.05) is 0 Å². The van der Waals surface area contributed by atoms with Gasteiger partial charge in [0, 0.05) is 16.1 Å². The molecule has 1 amide bonds. The van der Waals surface area contributed by atoms with Crippen molar-refractivity contribution in [3.63, 3.8) is 0 Å². The maximum absolute atomic E-state index is 11.9. The van der Waals surface area contributed by atoms with Crippen LogP contribution in [0.5, 0.6) is 0 Å². The first-order chi connectivity index (χ1) is 10.5. The van der Waals surface area contributed by atoms with Crippen LogP contribution in [0.4, 0.5) is 5.69 Å². The molecule has 2 rings (SSSR count). The highest BCUT2D eigenvalue weighted by Crippen LogP contribution is 2.24. The number of nitro groups is 1. The van der Waals surface area contributed by atoms with Crippen molar-refractivity contribution >= 4 is 49.7 Å². The van der Waals surface area contributed by atoms with E-state index in [2.05, 4.69) is 42.4 Å². The summed E-state index contributed by atoms with van der Waals surface area (Å²) in [5, 5.41) is 14.6. The highest BCUT2D eigenvalue weighted by atomic mass is 79.9. The largest absolute Gasteiger partial charge is 0.284 e. The number of hydrazone groups is 1. The maximum Gasteiger partial charge on any atom is 0.284 e. The van der Waals surface area contributed by atoms with Crippen molar-refractivity contribution in [1.82, 2.24) is 5.43 Å². The molecular weight excluding hydrogens is 418 g/mol. The van der Waals surface area contributed by atoms with Crippen molar-refractivity contribution in [3.8, 4) is 0 Å². The average molecular weight is 427 g/mol. The van der Waals surface area contributed by atoms with Crippen LogP contribution in [-0.2, 0) is 0 Å². The lowest BCUT2D eigenvalue weighted by Crippen LogP contribution is -2.18. The number of carbonyl (C=O) groups excluding carboxylic acids is 1. The minimum atomic E-state index is -0.499. The number of nitrogens with zero attached hydrogens (tertiary/aromatic N) is 2. The van der Waals surface area contributed by atoms with E-state index in [4.69, 9.17) is 0 Å². The average Bonchev–Trinajstić information content (AvgIpc) is 2.49. The summed E-state index contributed by atoms with van der Waals surface area (Å²) >= 11 is 6.37. The summed E-state index contributed by atoms with van der Waals surface area (Å²) in [6.07, 6.45) is 1.34. The second-order valence-electron chi connectivity index (χ2n) is 4.15. The van der Waals surface area contributed by atoms with Gasteiger partial charge in [-0.3, -0.25) is 14.9 Å². The number of halogens is 2. The van der Waals surface area contributed by atoms with Gasteiger partial charge in [0.1, 0.15) is 0 Å². The van der Waals surface area contributed by atoms with Gasteiger partial charge in [0.25, 0.3) is 11.6 Å². The predicted molar refractivity (Wildman–Crippen MR) is 90.0 cm³/mol. The van der Waals surface area contributed by atoms with E-state index in [0.29, 0.717) is 20.1 Å². The Morgan fingerprint density at radius 3 is 2.59 bits per heavy atom. The maximum atomic E-state index is 11.9. The summed E-state index contributed by atoms with van der Waals surface area (Å²) in [5.41, 5.74) is 3.25. The van der Waals surface area contributed by atoms with Gasteiger partial charge < -0.3 is 0 Å². The van der Waals surface area contributed by atoms with Crippen molar-refractivity contribution in [2.45, 2.75) is 0 Å². The lowest BCUT2D eigenvalue weighted by atomic mass is 10.2. The summed E-state index contributed by atoms with van der Waals surface area (Å²) in [7, 11) is 0. The Labute approximate surface area is 142 Å². The molecule has 0 aliphatic carbocycles. The Kier molecular flexibility index (Phi) is 5.40. The second-order valence-corrected chi connectivity index (χ2v) is 5.86. The third-order valence-electron chi connectivity index (χ3n) is 2.67. The molecule has 0 bridgehead atoms. The first-order valence-electron chi connectivity index (χ1n) is 6.01. The Morgan fingerprint density at radius 2 is 1.91 bits per heavy atom. The summed E-state index contributed by atoms with van der Waals surface area (Å²) in [4.78, 5) is 22.3. The zero-order valence-electron chi connectivity index (χ0n) is 11.0. The number of nitrogens with one attached hydrogen (secondary N) is 1. The van der Waals surface area contributed by atoms with Crippen molar-refractivity contribution in [2.75, 3.05) is 0 Å².